The van der Waals surface area contributed by atoms with E-state index in [-0.39, 0.29) is 29.6 Å². The number of nitrogens with one attached hydrogen (secondary N) is 2. The van der Waals surface area contributed by atoms with Crippen LogP contribution in [0.1, 0.15) is 37.7 Å². The molecule has 4 nitrogen and oxygen atoms in total. The largest absolute Gasteiger partial charge is 0.493 e. The van der Waals surface area contributed by atoms with Crippen molar-refractivity contribution in [2.24, 2.45) is 5.41 Å². The molecule has 2 N–H and O–H groups in total. The summed E-state index contributed by atoms with van der Waals surface area (Å²) in [5.74, 6) is 0.919. The van der Waals surface area contributed by atoms with Gasteiger partial charge in [-0.05, 0) is 37.3 Å². The van der Waals surface area contributed by atoms with Gasteiger partial charge in [-0.25, -0.2) is 0 Å². The quantitative estimate of drug-likeness (QED) is 0.898. The number of rotatable bonds is 3. The molecule has 1 amide bonds. The van der Waals surface area contributed by atoms with Crippen LogP contribution < -0.4 is 15.4 Å². The first-order valence-electron chi connectivity index (χ1n) is 7.88. The zero-order valence-electron chi connectivity index (χ0n) is 13.1. The maximum absolute atomic E-state index is 12.6. The van der Waals surface area contributed by atoms with Gasteiger partial charge in [0.2, 0.25) is 5.91 Å². The highest BCUT2D eigenvalue weighted by Gasteiger charge is 2.31. The van der Waals surface area contributed by atoms with Crippen LogP contribution in [-0.4, -0.2) is 32.1 Å². The van der Waals surface area contributed by atoms with Crippen molar-refractivity contribution >= 4 is 18.3 Å². The van der Waals surface area contributed by atoms with Crippen molar-refractivity contribution in [3.63, 3.8) is 0 Å². The molecule has 0 spiro atoms. The highest BCUT2D eigenvalue weighted by atomic mass is 35.5. The van der Waals surface area contributed by atoms with Gasteiger partial charge in [0.05, 0.1) is 12.5 Å². The fourth-order valence-corrected chi connectivity index (χ4v) is 3.31. The molecule has 2 atom stereocenters. The minimum atomic E-state index is -0.0740. The van der Waals surface area contributed by atoms with Gasteiger partial charge in [0.1, 0.15) is 5.75 Å². The minimum absolute atomic E-state index is 0. The maximum Gasteiger partial charge on any atom is 0.227 e. The molecule has 22 heavy (non-hydrogen) atoms. The number of fused-ring (bicyclic) bond motifs is 1. The average molecular weight is 325 g/mol. The molecule has 1 fully saturated rings. The van der Waals surface area contributed by atoms with E-state index >= 15 is 0 Å². The summed E-state index contributed by atoms with van der Waals surface area (Å²) in [7, 11) is 0. The maximum atomic E-state index is 12.6. The first kappa shape index (κ1) is 17.1. The van der Waals surface area contributed by atoms with Crippen LogP contribution in [-0.2, 0) is 4.79 Å². The Morgan fingerprint density at radius 3 is 3.05 bits per heavy atom. The summed E-state index contributed by atoms with van der Waals surface area (Å²) in [4.78, 5) is 12.6. The van der Waals surface area contributed by atoms with E-state index in [0.717, 1.165) is 37.4 Å². The number of carbonyl (C=O) groups excluding carboxylic acids is 1. The predicted octanol–water partition coefficient (Wildman–Crippen LogP) is 2.48. The van der Waals surface area contributed by atoms with Crippen LogP contribution in [0.4, 0.5) is 0 Å². The van der Waals surface area contributed by atoms with E-state index in [1.807, 2.05) is 24.3 Å². The van der Waals surface area contributed by atoms with Crippen molar-refractivity contribution in [2.45, 2.75) is 32.1 Å². The highest BCUT2D eigenvalue weighted by Crippen LogP contribution is 2.33. The van der Waals surface area contributed by atoms with Crippen molar-refractivity contribution in [2.75, 3.05) is 26.2 Å². The molecule has 0 aliphatic carbocycles. The number of benzene rings is 1. The fraction of sp³-hybridized carbons (Fsp3) is 0.588. The van der Waals surface area contributed by atoms with Gasteiger partial charge in [0.15, 0.2) is 0 Å². The molecular weight excluding hydrogens is 300 g/mol. The van der Waals surface area contributed by atoms with E-state index in [2.05, 4.69) is 17.6 Å². The molecule has 2 heterocycles. The number of hydrogen-bond acceptors (Lipinski definition) is 3. The normalized spacial score (nSPS) is 27.0. The Morgan fingerprint density at radius 1 is 1.45 bits per heavy atom. The molecule has 1 saturated heterocycles. The monoisotopic (exact) mass is 324 g/mol. The summed E-state index contributed by atoms with van der Waals surface area (Å²) in [6.07, 6.45) is 3.12. The molecule has 2 unspecified atom stereocenters. The average Bonchev–Trinajstić information content (AvgIpc) is 2.53. The molecule has 122 valence electrons. The molecule has 0 bridgehead atoms. The molecule has 3 rings (SSSR count). The van der Waals surface area contributed by atoms with Crippen molar-refractivity contribution < 1.29 is 9.53 Å². The number of amides is 1. The third-order valence-electron chi connectivity index (χ3n) is 4.65. The highest BCUT2D eigenvalue weighted by molar-refractivity contribution is 5.85. The van der Waals surface area contributed by atoms with Gasteiger partial charge in [0.25, 0.3) is 0 Å². The lowest BCUT2D eigenvalue weighted by atomic mass is 9.82. The van der Waals surface area contributed by atoms with Crippen molar-refractivity contribution in [1.82, 2.24) is 10.6 Å². The van der Waals surface area contributed by atoms with Crippen molar-refractivity contribution in [3.05, 3.63) is 29.8 Å². The Morgan fingerprint density at radius 2 is 2.27 bits per heavy atom. The van der Waals surface area contributed by atoms with E-state index in [1.54, 1.807) is 0 Å². The van der Waals surface area contributed by atoms with E-state index in [0.29, 0.717) is 6.61 Å². The summed E-state index contributed by atoms with van der Waals surface area (Å²) < 4.78 is 5.63. The topological polar surface area (TPSA) is 50.4 Å². The summed E-state index contributed by atoms with van der Waals surface area (Å²) in [5.41, 5.74) is 1.20. The van der Waals surface area contributed by atoms with Crippen LogP contribution in [0.25, 0.3) is 0 Å². The second kappa shape index (κ2) is 7.34. The lowest BCUT2D eigenvalue weighted by Gasteiger charge is -2.35. The molecule has 2 aliphatic heterocycles. The predicted molar refractivity (Wildman–Crippen MR) is 89.8 cm³/mol. The van der Waals surface area contributed by atoms with E-state index < -0.39 is 0 Å². The number of hydrogen-bond donors (Lipinski definition) is 2. The van der Waals surface area contributed by atoms with Gasteiger partial charge in [-0.1, -0.05) is 25.1 Å². The number of carbonyl (C=O) groups is 1. The zero-order chi connectivity index (χ0) is 14.7. The molecule has 0 aromatic heterocycles. The van der Waals surface area contributed by atoms with Gasteiger partial charge >= 0.3 is 0 Å². The Hall–Kier alpha value is -1.26. The summed E-state index contributed by atoms with van der Waals surface area (Å²) in [6, 6.07) is 7.87. The second-order valence-electron chi connectivity index (χ2n) is 6.54. The van der Waals surface area contributed by atoms with Crippen molar-refractivity contribution in [3.8, 4) is 5.75 Å². The Labute approximate surface area is 138 Å². The third-order valence-corrected chi connectivity index (χ3v) is 4.65. The van der Waals surface area contributed by atoms with Gasteiger partial charge in [-0.15, -0.1) is 12.4 Å². The molecule has 5 heteroatoms. The summed E-state index contributed by atoms with van der Waals surface area (Å²) in [5, 5.41) is 6.59. The second-order valence-corrected chi connectivity index (χ2v) is 6.54. The van der Waals surface area contributed by atoms with Gasteiger partial charge in [-0.3, -0.25) is 4.79 Å². The van der Waals surface area contributed by atoms with E-state index in [9.17, 15) is 4.79 Å². The van der Waals surface area contributed by atoms with Crippen LogP contribution in [0.15, 0.2) is 24.3 Å². The Bertz CT molecular complexity index is 515. The minimum Gasteiger partial charge on any atom is -0.493 e. The molecular formula is C17H25ClN2O2. The Balaban J connectivity index is 0.00000176. The lowest BCUT2D eigenvalue weighted by molar-refractivity contribution is -0.123. The summed E-state index contributed by atoms with van der Waals surface area (Å²) in [6.45, 7) is 5.69. The smallest absolute Gasteiger partial charge is 0.227 e. The lowest BCUT2D eigenvalue weighted by Crippen LogP contribution is -2.46. The van der Waals surface area contributed by atoms with Gasteiger partial charge in [0, 0.05) is 18.7 Å². The van der Waals surface area contributed by atoms with Crippen LogP contribution in [0, 0.1) is 5.41 Å². The van der Waals surface area contributed by atoms with Gasteiger partial charge < -0.3 is 15.4 Å². The third kappa shape index (κ3) is 3.73. The van der Waals surface area contributed by atoms with Crippen LogP contribution in [0.2, 0.25) is 0 Å². The first-order chi connectivity index (χ1) is 10.2. The molecule has 0 radical (unpaired) electrons. The SMILES string of the molecule is CC1(CNC(=O)C2CCOc3ccccc32)CCCNC1.Cl. The number of piperidine rings is 1. The molecule has 0 saturated carbocycles. The van der Waals surface area contributed by atoms with E-state index in [1.165, 1.54) is 12.8 Å². The number of halogens is 1. The van der Waals surface area contributed by atoms with E-state index in [4.69, 9.17) is 4.74 Å². The zero-order valence-corrected chi connectivity index (χ0v) is 13.9. The fourth-order valence-electron chi connectivity index (χ4n) is 3.31. The Kier molecular flexibility index (Phi) is 5.70. The molecule has 1 aromatic carbocycles. The number of para-hydroxylation sites is 1. The summed E-state index contributed by atoms with van der Waals surface area (Å²) >= 11 is 0. The van der Waals surface area contributed by atoms with Crippen LogP contribution in [0.3, 0.4) is 0 Å². The standard InChI is InChI=1S/C17H24N2O2.ClH/c1-17(8-4-9-18-11-17)12-19-16(20)14-7-10-21-15-6-3-2-5-13(14)15;/h2-3,5-6,14,18H,4,7-12H2,1H3,(H,19,20);1H. The molecule has 1 aromatic rings. The van der Waals surface area contributed by atoms with Gasteiger partial charge in [-0.2, -0.15) is 0 Å². The van der Waals surface area contributed by atoms with Crippen molar-refractivity contribution in [1.29, 1.82) is 0 Å². The number of ether oxygens (including phenoxy) is 1. The van der Waals surface area contributed by atoms with Crippen LogP contribution >= 0.6 is 12.4 Å². The first-order valence-corrected chi connectivity index (χ1v) is 7.88. The molecule has 2 aliphatic rings. The van der Waals surface area contributed by atoms with Crippen LogP contribution in [0.5, 0.6) is 5.75 Å².